The molecule has 0 unspecified atom stereocenters. The zero-order valence-electron chi connectivity index (χ0n) is 11.1. The van der Waals surface area contributed by atoms with Crippen LogP contribution in [0.5, 0.6) is 0 Å². The molecule has 0 N–H and O–H groups in total. The van der Waals surface area contributed by atoms with E-state index in [1.807, 2.05) is 0 Å². The van der Waals surface area contributed by atoms with E-state index in [1.54, 1.807) is 0 Å². The molecule has 2 heteroatoms. The first-order valence-corrected chi connectivity index (χ1v) is 9.36. The monoisotopic (exact) mass is 252 g/mol. The van der Waals surface area contributed by atoms with Crippen molar-refractivity contribution < 1.29 is 4.52 Å². The van der Waals surface area contributed by atoms with E-state index in [-0.39, 0.29) is 0 Å². The molecule has 1 aromatic carbocycles. The van der Waals surface area contributed by atoms with Crippen molar-refractivity contribution in [2.24, 2.45) is 0 Å². The Kier molecular flexibility index (Phi) is 4.59. The summed E-state index contributed by atoms with van der Waals surface area (Å²) in [6.45, 7) is 4.58. The Morgan fingerprint density at radius 2 is 1.65 bits per heavy atom. The Hall–Kier alpha value is -0.390. The Bertz CT molecular complexity index is 326. The molecule has 0 amide bonds. The third kappa shape index (κ3) is 3.30. The summed E-state index contributed by atoms with van der Waals surface area (Å²) >= 11 is 0. The van der Waals surface area contributed by atoms with Crippen LogP contribution in [-0.4, -0.2) is 18.4 Å². The molecule has 1 nitrogen and oxygen atoms in total. The van der Waals surface area contributed by atoms with Gasteiger partial charge >= 0.3 is 106 Å². The SMILES string of the molecule is CCC[PH](CCC)(OC1CC1)c1ccccc1. The molecule has 0 radical (unpaired) electrons. The van der Waals surface area contributed by atoms with Crippen molar-refractivity contribution in [2.75, 3.05) is 12.3 Å². The van der Waals surface area contributed by atoms with E-state index >= 15 is 0 Å². The summed E-state index contributed by atoms with van der Waals surface area (Å²) in [4.78, 5) is 0. The zero-order chi connectivity index (χ0) is 12.1. The fourth-order valence-corrected chi connectivity index (χ4v) is 7.14. The molecule has 0 aromatic heterocycles. The topological polar surface area (TPSA) is 9.23 Å². The molecule has 1 fully saturated rings. The van der Waals surface area contributed by atoms with Gasteiger partial charge in [0.2, 0.25) is 0 Å². The van der Waals surface area contributed by atoms with Gasteiger partial charge in [0.15, 0.2) is 0 Å². The fraction of sp³-hybridized carbons (Fsp3) is 0.600. The summed E-state index contributed by atoms with van der Waals surface area (Å²) < 4.78 is 6.55. The number of hydrogen-bond donors (Lipinski definition) is 0. The number of hydrogen-bond acceptors (Lipinski definition) is 1. The van der Waals surface area contributed by atoms with Gasteiger partial charge in [0, 0.05) is 0 Å². The van der Waals surface area contributed by atoms with Gasteiger partial charge in [0.1, 0.15) is 0 Å². The molecule has 96 valence electrons. The molecule has 1 saturated carbocycles. The molecule has 0 heterocycles. The van der Waals surface area contributed by atoms with Crippen molar-refractivity contribution in [1.82, 2.24) is 0 Å². The second-order valence-corrected chi connectivity index (χ2v) is 8.98. The van der Waals surface area contributed by atoms with E-state index in [2.05, 4.69) is 44.2 Å². The van der Waals surface area contributed by atoms with Crippen molar-refractivity contribution in [3.63, 3.8) is 0 Å². The second-order valence-electron chi connectivity index (χ2n) is 5.18. The first-order chi connectivity index (χ1) is 8.30. The standard InChI is InChI=1S/C15H25OP/c1-3-12-17(13-4-2,16-14-10-11-14)15-8-6-5-7-9-15/h5-9,14,17H,3-4,10-13H2,1-2H3. The minimum atomic E-state index is -1.67. The van der Waals surface area contributed by atoms with Crippen LogP contribution in [0.1, 0.15) is 39.5 Å². The van der Waals surface area contributed by atoms with Crippen LogP contribution in [0.2, 0.25) is 0 Å². The Labute approximate surface area is 106 Å². The molecule has 0 atom stereocenters. The minimum absolute atomic E-state index is 0.583. The Balaban J connectivity index is 2.24. The molecular weight excluding hydrogens is 227 g/mol. The summed E-state index contributed by atoms with van der Waals surface area (Å²) in [6.07, 6.45) is 8.20. The van der Waals surface area contributed by atoms with Crippen LogP contribution in [0.25, 0.3) is 0 Å². The number of benzene rings is 1. The normalized spacial score (nSPS) is 17.1. The predicted octanol–water partition coefficient (Wildman–Crippen LogP) is 3.98. The van der Waals surface area contributed by atoms with Gasteiger partial charge in [0.05, 0.1) is 0 Å². The molecule has 2 rings (SSSR count). The third-order valence-corrected chi connectivity index (χ3v) is 8.31. The van der Waals surface area contributed by atoms with Gasteiger partial charge in [-0.3, -0.25) is 0 Å². The molecule has 0 spiro atoms. The van der Waals surface area contributed by atoms with E-state index in [0.717, 1.165) is 0 Å². The summed E-state index contributed by atoms with van der Waals surface area (Å²) in [6, 6.07) is 11.0. The average Bonchev–Trinajstić information content (AvgIpc) is 3.15. The molecule has 1 aromatic rings. The van der Waals surface area contributed by atoms with Gasteiger partial charge in [0.25, 0.3) is 0 Å². The van der Waals surface area contributed by atoms with Gasteiger partial charge in [-0.05, 0) is 0 Å². The first-order valence-electron chi connectivity index (χ1n) is 7.04. The van der Waals surface area contributed by atoms with Crippen LogP contribution in [0.3, 0.4) is 0 Å². The summed E-state index contributed by atoms with van der Waals surface area (Å²) in [5.41, 5.74) is 0. The van der Waals surface area contributed by atoms with Crippen molar-refractivity contribution in [3.8, 4) is 0 Å². The number of rotatable bonds is 7. The van der Waals surface area contributed by atoms with Crippen molar-refractivity contribution in [2.45, 2.75) is 45.6 Å². The first kappa shape index (κ1) is 13.1. The van der Waals surface area contributed by atoms with Gasteiger partial charge in [-0.25, -0.2) is 0 Å². The molecular formula is C15H25OP. The molecule has 1 aliphatic rings. The van der Waals surface area contributed by atoms with Crippen LogP contribution < -0.4 is 5.30 Å². The van der Waals surface area contributed by atoms with E-state index < -0.39 is 7.49 Å². The van der Waals surface area contributed by atoms with Crippen LogP contribution in [0.15, 0.2) is 30.3 Å². The third-order valence-electron chi connectivity index (χ3n) is 3.52. The zero-order valence-corrected chi connectivity index (χ0v) is 12.1. The van der Waals surface area contributed by atoms with E-state index in [0.29, 0.717) is 6.10 Å². The molecule has 0 saturated heterocycles. The molecule has 1 aliphatic carbocycles. The van der Waals surface area contributed by atoms with Crippen molar-refractivity contribution >= 4 is 12.8 Å². The summed E-state index contributed by atoms with van der Waals surface area (Å²) in [5.74, 6) is 0. The van der Waals surface area contributed by atoms with Crippen LogP contribution in [0, 0.1) is 0 Å². The van der Waals surface area contributed by atoms with Gasteiger partial charge in [-0.15, -0.1) is 0 Å². The average molecular weight is 252 g/mol. The quantitative estimate of drug-likeness (QED) is 0.667. The Morgan fingerprint density at radius 3 is 2.12 bits per heavy atom. The van der Waals surface area contributed by atoms with Crippen molar-refractivity contribution in [3.05, 3.63) is 30.3 Å². The van der Waals surface area contributed by atoms with Gasteiger partial charge < -0.3 is 0 Å². The molecule has 0 aliphatic heterocycles. The maximum atomic E-state index is 6.55. The maximum absolute atomic E-state index is 6.55. The van der Waals surface area contributed by atoms with E-state index in [9.17, 15) is 0 Å². The fourth-order valence-electron chi connectivity index (χ4n) is 2.65. The van der Waals surface area contributed by atoms with Crippen LogP contribution >= 0.6 is 7.49 Å². The van der Waals surface area contributed by atoms with E-state index in [1.165, 1.54) is 43.3 Å². The van der Waals surface area contributed by atoms with Crippen LogP contribution in [-0.2, 0) is 4.52 Å². The predicted molar refractivity (Wildman–Crippen MR) is 78.8 cm³/mol. The van der Waals surface area contributed by atoms with E-state index in [4.69, 9.17) is 4.52 Å². The van der Waals surface area contributed by atoms with Gasteiger partial charge in [-0.1, -0.05) is 0 Å². The summed E-state index contributed by atoms with van der Waals surface area (Å²) in [5, 5.41) is 1.51. The summed E-state index contributed by atoms with van der Waals surface area (Å²) in [7, 11) is -1.67. The molecule has 17 heavy (non-hydrogen) atoms. The molecule has 0 bridgehead atoms. The Morgan fingerprint density at radius 1 is 1.06 bits per heavy atom. The van der Waals surface area contributed by atoms with Crippen LogP contribution in [0.4, 0.5) is 0 Å². The second kappa shape index (κ2) is 5.98. The van der Waals surface area contributed by atoms with Gasteiger partial charge in [-0.2, -0.15) is 0 Å². The van der Waals surface area contributed by atoms with Crippen molar-refractivity contribution in [1.29, 1.82) is 0 Å².